The lowest BCUT2D eigenvalue weighted by Gasteiger charge is -2.12. The number of nitrogens with two attached hydrogens (primary N) is 1. The topological polar surface area (TPSA) is 81.1 Å². The number of nitrogens with zero attached hydrogens (tertiary/aromatic N) is 4. The smallest absolute Gasteiger partial charge is 0.189 e. The van der Waals surface area contributed by atoms with Gasteiger partial charge in [0.1, 0.15) is 0 Å². The van der Waals surface area contributed by atoms with Gasteiger partial charge in [0.15, 0.2) is 11.8 Å². The van der Waals surface area contributed by atoms with Gasteiger partial charge in [0, 0.05) is 24.6 Å². The highest BCUT2D eigenvalue weighted by molar-refractivity contribution is 5.78. The molecule has 1 fully saturated rings. The Hall–Kier alpha value is -2.37. The molecule has 1 aliphatic carbocycles. The molecule has 6 heteroatoms. The van der Waals surface area contributed by atoms with Crippen LogP contribution >= 0.6 is 0 Å². The van der Waals surface area contributed by atoms with Gasteiger partial charge < -0.3 is 11.1 Å². The van der Waals surface area contributed by atoms with Crippen LogP contribution in [0.4, 0.5) is 0 Å². The summed E-state index contributed by atoms with van der Waals surface area (Å²) in [6, 6.07) is 6.28. The van der Waals surface area contributed by atoms with Crippen LogP contribution in [0, 0.1) is 0 Å². The average molecular weight is 284 g/mol. The quantitative estimate of drug-likeness (QED) is 0.660. The van der Waals surface area contributed by atoms with Gasteiger partial charge in [0.25, 0.3) is 0 Å². The van der Waals surface area contributed by atoms with E-state index in [0.717, 1.165) is 11.4 Å². The van der Waals surface area contributed by atoms with Crippen molar-refractivity contribution in [1.82, 2.24) is 20.1 Å². The molecule has 3 rings (SSSR count). The van der Waals surface area contributed by atoms with Crippen molar-refractivity contribution in [2.45, 2.75) is 38.3 Å². The van der Waals surface area contributed by atoms with E-state index < -0.39 is 0 Å². The molecule has 0 aliphatic heterocycles. The molecule has 110 valence electrons. The average Bonchev–Trinajstić information content (AvgIpc) is 3.19. The lowest BCUT2D eigenvalue weighted by atomic mass is 10.2. The number of rotatable bonds is 4. The first-order valence-electron chi connectivity index (χ1n) is 7.33. The molecule has 0 spiro atoms. The largest absolute Gasteiger partial charge is 0.370 e. The van der Waals surface area contributed by atoms with Gasteiger partial charge in [-0.15, -0.1) is 0 Å². The van der Waals surface area contributed by atoms with Gasteiger partial charge in [-0.2, -0.15) is 5.10 Å². The second-order valence-electron chi connectivity index (χ2n) is 5.30. The molecule has 21 heavy (non-hydrogen) atoms. The first-order valence-corrected chi connectivity index (χ1v) is 7.33. The molecule has 2 aromatic rings. The number of nitrogens with one attached hydrogen (secondary N) is 1. The third-order valence-corrected chi connectivity index (χ3v) is 3.69. The monoisotopic (exact) mass is 284 g/mol. The zero-order valence-corrected chi connectivity index (χ0v) is 11.9. The number of pyridine rings is 1. The summed E-state index contributed by atoms with van der Waals surface area (Å²) in [5, 5.41) is 7.46. The van der Waals surface area contributed by atoms with Gasteiger partial charge >= 0.3 is 0 Å². The van der Waals surface area contributed by atoms with Gasteiger partial charge in [-0.1, -0.05) is 12.8 Å². The maximum absolute atomic E-state index is 5.94. The van der Waals surface area contributed by atoms with Gasteiger partial charge in [-0.3, -0.25) is 0 Å². The maximum atomic E-state index is 5.94. The van der Waals surface area contributed by atoms with Crippen LogP contribution in [-0.2, 0) is 6.54 Å². The van der Waals surface area contributed by atoms with Crippen molar-refractivity contribution in [3.8, 4) is 5.82 Å². The Kier molecular flexibility index (Phi) is 4.14. The molecule has 2 aromatic heterocycles. The van der Waals surface area contributed by atoms with E-state index >= 15 is 0 Å². The Labute approximate surface area is 124 Å². The van der Waals surface area contributed by atoms with E-state index in [0.29, 0.717) is 18.5 Å². The van der Waals surface area contributed by atoms with E-state index in [9.17, 15) is 0 Å². The summed E-state index contributed by atoms with van der Waals surface area (Å²) in [7, 11) is 0. The van der Waals surface area contributed by atoms with Crippen LogP contribution in [0.25, 0.3) is 5.82 Å². The molecule has 1 aliphatic rings. The number of guanidine groups is 1. The van der Waals surface area contributed by atoms with Crippen LogP contribution < -0.4 is 11.1 Å². The van der Waals surface area contributed by atoms with E-state index in [-0.39, 0.29) is 0 Å². The number of aromatic nitrogens is 3. The van der Waals surface area contributed by atoms with Crippen LogP contribution in [-0.4, -0.2) is 26.8 Å². The van der Waals surface area contributed by atoms with Gasteiger partial charge in [0.05, 0.1) is 6.54 Å². The Morgan fingerprint density at radius 3 is 3.00 bits per heavy atom. The lowest BCUT2D eigenvalue weighted by Crippen LogP contribution is -2.38. The van der Waals surface area contributed by atoms with Crippen molar-refractivity contribution in [3.63, 3.8) is 0 Å². The van der Waals surface area contributed by atoms with E-state index in [1.807, 2.05) is 24.4 Å². The molecule has 0 amide bonds. The summed E-state index contributed by atoms with van der Waals surface area (Å²) >= 11 is 0. The molecular weight excluding hydrogens is 264 g/mol. The highest BCUT2D eigenvalue weighted by Gasteiger charge is 2.14. The van der Waals surface area contributed by atoms with Crippen molar-refractivity contribution in [3.05, 3.63) is 42.4 Å². The van der Waals surface area contributed by atoms with Gasteiger partial charge in [-0.25, -0.2) is 14.7 Å². The Balaban J connectivity index is 1.63. The molecule has 0 radical (unpaired) electrons. The van der Waals surface area contributed by atoms with Crippen molar-refractivity contribution in [2.75, 3.05) is 0 Å². The fourth-order valence-corrected chi connectivity index (χ4v) is 2.59. The zero-order valence-electron chi connectivity index (χ0n) is 11.9. The van der Waals surface area contributed by atoms with Crippen molar-refractivity contribution in [1.29, 1.82) is 0 Å². The first-order chi connectivity index (χ1) is 10.3. The summed E-state index contributed by atoms with van der Waals surface area (Å²) in [5.41, 5.74) is 7.00. The molecule has 0 saturated heterocycles. The SMILES string of the molecule is NC(=NCc1ccnc(-n2cccn2)c1)NC1CCCC1. The second-order valence-corrected chi connectivity index (χ2v) is 5.30. The predicted octanol–water partition coefficient (Wildman–Crippen LogP) is 1.61. The molecule has 0 unspecified atom stereocenters. The summed E-state index contributed by atoms with van der Waals surface area (Å²) in [6.45, 7) is 0.544. The third-order valence-electron chi connectivity index (χ3n) is 3.69. The van der Waals surface area contributed by atoms with Crippen LogP contribution in [0.5, 0.6) is 0 Å². The summed E-state index contributed by atoms with van der Waals surface area (Å²) in [6.07, 6.45) is 10.3. The molecule has 0 atom stereocenters. The fraction of sp³-hybridized carbons (Fsp3) is 0.400. The lowest BCUT2D eigenvalue weighted by molar-refractivity contribution is 0.625. The minimum atomic E-state index is 0.492. The minimum Gasteiger partial charge on any atom is -0.370 e. The molecule has 2 heterocycles. The Morgan fingerprint density at radius 1 is 1.38 bits per heavy atom. The van der Waals surface area contributed by atoms with Crippen LogP contribution in [0.3, 0.4) is 0 Å². The van der Waals surface area contributed by atoms with Gasteiger partial charge in [0.2, 0.25) is 0 Å². The molecule has 0 aromatic carbocycles. The summed E-state index contributed by atoms with van der Waals surface area (Å²) in [4.78, 5) is 8.70. The van der Waals surface area contributed by atoms with Gasteiger partial charge in [-0.05, 0) is 36.6 Å². The summed E-state index contributed by atoms with van der Waals surface area (Å²) in [5.74, 6) is 1.31. The first kappa shape index (κ1) is 13.6. The minimum absolute atomic E-state index is 0.492. The van der Waals surface area contributed by atoms with E-state index in [1.165, 1.54) is 25.7 Å². The Morgan fingerprint density at radius 2 is 2.24 bits per heavy atom. The molecule has 0 bridgehead atoms. The molecule has 1 saturated carbocycles. The van der Waals surface area contributed by atoms with Crippen LogP contribution in [0.1, 0.15) is 31.2 Å². The number of hydrogen-bond acceptors (Lipinski definition) is 3. The van der Waals surface area contributed by atoms with Crippen molar-refractivity contribution in [2.24, 2.45) is 10.7 Å². The fourth-order valence-electron chi connectivity index (χ4n) is 2.59. The van der Waals surface area contributed by atoms with Crippen LogP contribution in [0.15, 0.2) is 41.8 Å². The number of hydrogen-bond donors (Lipinski definition) is 2. The maximum Gasteiger partial charge on any atom is 0.189 e. The van der Waals surface area contributed by atoms with E-state index in [1.54, 1.807) is 17.1 Å². The summed E-state index contributed by atoms with van der Waals surface area (Å²) < 4.78 is 1.73. The number of aliphatic imine (C=N–C) groups is 1. The predicted molar refractivity (Wildman–Crippen MR) is 82.1 cm³/mol. The standard InChI is InChI=1S/C15H20N6/c16-15(20-13-4-1-2-5-13)18-11-12-6-8-17-14(10-12)21-9-3-7-19-21/h3,6-10,13H,1-2,4-5,11H2,(H3,16,18,20). The van der Waals surface area contributed by atoms with Crippen LogP contribution in [0.2, 0.25) is 0 Å². The zero-order chi connectivity index (χ0) is 14.5. The molecular formula is C15H20N6. The molecule has 3 N–H and O–H groups in total. The highest BCUT2D eigenvalue weighted by atomic mass is 15.3. The van der Waals surface area contributed by atoms with E-state index in [2.05, 4.69) is 20.4 Å². The van der Waals surface area contributed by atoms with Crippen molar-refractivity contribution >= 4 is 5.96 Å². The Bertz CT molecular complexity index is 598. The second kappa shape index (κ2) is 6.39. The van der Waals surface area contributed by atoms with Crippen molar-refractivity contribution < 1.29 is 0 Å². The highest BCUT2D eigenvalue weighted by Crippen LogP contribution is 2.17. The van der Waals surface area contributed by atoms with E-state index in [4.69, 9.17) is 5.73 Å². The third kappa shape index (κ3) is 3.59. The normalized spacial score (nSPS) is 16.3. The molecule has 6 nitrogen and oxygen atoms in total.